The summed E-state index contributed by atoms with van der Waals surface area (Å²) in [5, 5.41) is 22.1. The number of hydrogen-bond acceptors (Lipinski definition) is 7. The fourth-order valence-electron chi connectivity index (χ4n) is 3.35. The molecule has 0 unspecified atom stereocenters. The van der Waals surface area contributed by atoms with Crippen LogP contribution in [0, 0.1) is 11.5 Å². The highest BCUT2D eigenvalue weighted by Gasteiger charge is 2.24. The van der Waals surface area contributed by atoms with E-state index in [1.807, 2.05) is 34.7 Å². The summed E-state index contributed by atoms with van der Waals surface area (Å²) in [6, 6.07) is 16.1. The van der Waals surface area contributed by atoms with Crippen LogP contribution in [0.3, 0.4) is 0 Å². The minimum Gasteiger partial charge on any atom is -0.324 e. The highest BCUT2D eigenvalue weighted by Crippen LogP contribution is 2.24. The number of amides is 3. The minimum absolute atomic E-state index is 0.379. The number of rotatable bonds is 6. The van der Waals surface area contributed by atoms with Gasteiger partial charge in [-0.3, -0.25) is 15.1 Å². The summed E-state index contributed by atoms with van der Waals surface area (Å²) in [5.74, 6) is 0.115. The summed E-state index contributed by atoms with van der Waals surface area (Å²) in [5.41, 5.74) is 1.96. The third-order valence-electron chi connectivity index (χ3n) is 4.92. The number of hydrogen-bond donors (Lipinski definition) is 4. The monoisotopic (exact) mass is 493 g/mol. The average molecular weight is 494 g/mol. The van der Waals surface area contributed by atoms with Gasteiger partial charge in [0.25, 0.3) is 5.91 Å². The third kappa shape index (κ3) is 5.64. The molecule has 9 nitrogen and oxygen atoms in total. The summed E-state index contributed by atoms with van der Waals surface area (Å²) in [4.78, 5) is 32.5. The van der Waals surface area contributed by atoms with Gasteiger partial charge in [0.15, 0.2) is 6.19 Å². The molecule has 0 spiro atoms. The standard InChI is InChI=1S/C23H20ClN7O2S/c24-15-3-5-17(6-4-15)29-23(33)30-20(19-2-1-13-34-19)21(32)28-16-7-9-18(10-8-16)31-12-11-26-22(31)27-14-25/h1-10,13,20H,11-12H2,(H,26,27)(H,28,32)(H2,29,30,33)/t20-/m1/s1. The van der Waals surface area contributed by atoms with E-state index < -0.39 is 12.1 Å². The number of nitrogens with one attached hydrogen (secondary N) is 4. The second kappa shape index (κ2) is 10.7. The molecule has 172 valence electrons. The van der Waals surface area contributed by atoms with Gasteiger partial charge in [0.2, 0.25) is 5.96 Å². The summed E-state index contributed by atoms with van der Waals surface area (Å²) >= 11 is 7.25. The maximum atomic E-state index is 13.1. The van der Waals surface area contributed by atoms with Gasteiger partial charge in [-0.15, -0.1) is 11.3 Å². The van der Waals surface area contributed by atoms with Gasteiger partial charge in [-0.1, -0.05) is 17.7 Å². The van der Waals surface area contributed by atoms with Crippen molar-refractivity contribution in [3.05, 3.63) is 75.9 Å². The maximum Gasteiger partial charge on any atom is 0.320 e. The molecule has 4 rings (SSSR count). The highest BCUT2D eigenvalue weighted by molar-refractivity contribution is 7.10. The number of thiophene rings is 1. The number of carbonyl (C=O) groups excluding carboxylic acids is 2. The average Bonchev–Trinajstić information content (AvgIpc) is 3.52. The molecule has 34 heavy (non-hydrogen) atoms. The zero-order valence-electron chi connectivity index (χ0n) is 17.8. The molecular formula is C23H20ClN7O2S. The molecule has 0 radical (unpaired) electrons. The Morgan fingerprint density at radius 1 is 1.06 bits per heavy atom. The number of nitrogens with zero attached hydrogens (tertiary/aromatic N) is 3. The normalized spacial score (nSPS) is 13.4. The number of nitriles is 1. The Kier molecular flexibility index (Phi) is 7.27. The maximum absolute atomic E-state index is 13.1. The van der Waals surface area contributed by atoms with Crippen molar-refractivity contribution in [3.8, 4) is 6.19 Å². The van der Waals surface area contributed by atoms with Crippen LogP contribution in [0.15, 0.2) is 71.0 Å². The lowest BCUT2D eigenvalue weighted by molar-refractivity contribution is -0.118. The van der Waals surface area contributed by atoms with E-state index in [1.165, 1.54) is 11.3 Å². The Hall–Kier alpha value is -4.07. The largest absolute Gasteiger partial charge is 0.324 e. The lowest BCUT2D eigenvalue weighted by Crippen LogP contribution is -2.39. The number of halogens is 1. The molecule has 11 heteroatoms. The predicted octanol–water partition coefficient (Wildman–Crippen LogP) is 4.15. The molecule has 1 aliphatic heterocycles. The lowest BCUT2D eigenvalue weighted by atomic mass is 10.2. The summed E-state index contributed by atoms with van der Waals surface area (Å²) in [6.45, 7) is 1.25. The zero-order valence-corrected chi connectivity index (χ0v) is 19.4. The van der Waals surface area contributed by atoms with Crippen LogP contribution in [0.5, 0.6) is 0 Å². The van der Waals surface area contributed by atoms with Gasteiger partial charge in [0.1, 0.15) is 6.04 Å². The van der Waals surface area contributed by atoms with E-state index in [2.05, 4.69) is 26.3 Å². The fourth-order valence-corrected chi connectivity index (χ4v) is 4.25. The van der Waals surface area contributed by atoms with Gasteiger partial charge in [0.05, 0.1) is 6.54 Å². The van der Waals surface area contributed by atoms with Gasteiger partial charge in [0, 0.05) is 33.5 Å². The first-order valence-corrected chi connectivity index (χ1v) is 11.5. The second-order valence-electron chi connectivity index (χ2n) is 7.18. The molecule has 0 saturated heterocycles. The van der Waals surface area contributed by atoms with Crippen LogP contribution in [-0.2, 0) is 4.79 Å². The van der Waals surface area contributed by atoms with Crippen LogP contribution in [-0.4, -0.2) is 31.0 Å². The molecule has 3 amide bonds. The molecule has 2 heterocycles. The van der Waals surface area contributed by atoms with Gasteiger partial charge in [-0.2, -0.15) is 5.26 Å². The van der Waals surface area contributed by atoms with Crippen LogP contribution in [0.1, 0.15) is 10.9 Å². The van der Waals surface area contributed by atoms with E-state index in [-0.39, 0.29) is 5.91 Å². The molecule has 1 atom stereocenters. The second-order valence-corrected chi connectivity index (χ2v) is 8.60. The first-order valence-electron chi connectivity index (χ1n) is 10.3. The Morgan fingerprint density at radius 3 is 2.44 bits per heavy atom. The number of urea groups is 1. The zero-order chi connectivity index (χ0) is 23.9. The Bertz CT molecular complexity index is 1220. The molecule has 0 aliphatic carbocycles. The van der Waals surface area contributed by atoms with Crippen LogP contribution in [0.2, 0.25) is 5.02 Å². The van der Waals surface area contributed by atoms with Gasteiger partial charge < -0.3 is 20.9 Å². The van der Waals surface area contributed by atoms with Crippen molar-refractivity contribution in [2.75, 3.05) is 28.6 Å². The predicted molar refractivity (Wildman–Crippen MR) is 134 cm³/mol. The Labute approximate surface area is 205 Å². The van der Waals surface area contributed by atoms with E-state index in [0.29, 0.717) is 40.3 Å². The van der Waals surface area contributed by atoms with Crippen molar-refractivity contribution in [1.82, 2.24) is 10.6 Å². The van der Waals surface area contributed by atoms with Gasteiger partial charge >= 0.3 is 6.03 Å². The molecular weight excluding hydrogens is 474 g/mol. The molecule has 0 bridgehead atoms. The van der Waals surface area contributed by atoms with E-state index in [9.17, 15) is 9.59 Å². The number of aliphatic imine (C=N–C) groups is 1. The first-order chi connectivity index (χ1) is 16.5. The fraction of sp³-hybridized carbons (Fsp3) is 0.130. The molecule has 0 saturated carbocycles. The topological polar surface area (TPSA) is 122 Å². The molecule has 2 aromatic carbocycles. The van der Waals surface area contributed by atoms with Crippen LogP contribution < -0.4 is 26.2 Å². The number of anilines is 3. The van der Waals surface area contributed by atoms with Gasteiger partial charge in [-0.25, -0.2) is 4.79 Å². The van der Waals surface area contributed by atoms with Crippen LogP contribution in [0.4, 0.5) is 21.9 Å². The number of guanidine groups is 1. The van der Waals surface area contributed by atoms with Crippen molar-refractivity contribution < 1.29 is 9.59 Å². The van der Waals surface area contributed by atoms with E-state index >= 15 is 0 Å². The van der Waals surface area contributed by atoms with E-state index in [1.54, 1.807) is 42.5 Å². The molecule has 1 aromatic heterocycles. The van der Waals surface area contributed by atoms with E-state index in [0.717, 1.165) is 5.69 Å². The van der Waals surface area contributed by atoms with Crippen LogP contribution in [0.25, 0.3) is 0 Å². The quantitative estimate of drug-likeness (QED) is 0.303. The highest BCUT2D eigenvalue weighted by atomic mass is 35.5. The Morgan fingerprint density at radius 2 is 1.76 bits per heavy atom. The SMILES string of the molecule is N#CNC1=NCCN1c1ccc(NC(=O)[C@H](NC(=O)Nc2ccc(Cl)cc2)c2cccs2)cc1. The third-order valence-corrected chi connectivity index (χ3v) is 6.11. The molecule has 4 N–H and O–H groups in total. The van der Waals surface area contributed by atoms with E-state index in [4.69, 9.17) is 16.9 Å². The number of benzene rings is 2. The summed E-state index contributed by atoms with van der Waals surface area (Å²) in [7, 11) is 0. The van der Waals surface area contributed by atoms with Crippen molar-refractivity contribution in [2.45, 2.75) is 6.04 Å². The minimum atomic E-state index is -0.885. The summed E-state index contributed by atoms with van der Waals surface area (Å²) in [6.07, 6.45) is 1.88. The van der Waals surface area contributed by atoms with Crippen molar-refractivity contribution in [2.24, 2.45) is 4.99 Å². The Balaban J connectivity index is 1.43. The van der Waals surface area contributed by atoms with Crippen molar-refractivity contribution in [3.63, 3.8) is 0 Å². The van der Waals surface area contributed by atoms with Crippen LogP contribution >= 0.6 is 22.9 Å². The smallest absolute Gasteiger partial charge is 0.320 e. The van der Waals surface area contributed by atoms with Crippen molar-refractivity contribution in [1.29, 1.82) is 5.26 Å². The molecule has 0 fully saturated rings. The van der Waals surface area contributed by atoms with Crippen molar-refractivity contribution >= 4 is 57.9 Å². The molecule has 3 aromatic rings. The molecule has 1 aliphatic rings. The number of carbonyl (C=O) groups is 2. The van der Waals surface area contributed by atoms with Gasteiger partial charge in [-0.05, 0) is 60.0 Å². The first kappa shape index (κ1) is 23.1. The lowest BCUT2D eigenvalue weighted by Gasteiger charge is -2.20. The summed E-state index contributed by atoms with van der Waals surface area (Å²) < 4.78 is 0.